The minimum atomic E-state index is -3.55. The minimum Gasteiger partial charge on any atom is -0.350 e. The number of nitrogens with zero attached hydrogens (tertiary/aromatic N) is 2. The minimum absolute atomic E-state index is 0.0879. The third-order valence-electron chi connectivity index (χ3n) is 4.06. The molecule has 1 N–H and O–H groups in total. The number of anilines is 2. The van der Waals surface area contributed by atoms with Crippen LogP contribution in [0, 0.1) is 10.1 Å². The van der Waals surface area contributed by atoms with E-state index in [0.29, 0.717) is 24.3 Å². The van der Waals surface area contributed by atoms with Crippen molar-refractivity contribution in [1.82, 2.24) is 4.90 Å². The van der Waals surface area contributed by atoms with Crippen molar-refractivity contribution in [1.29, 1.82) is 0 Å². The normalized spacial score (nSPS) is 11.1. The zero-order chi connectivity index (χ0) is 20.2. The average Bonchev–Trinajstić information content (AvgIpc) is 2.62. The molecule has 0 atom stereocenters. The molecule has 0 saturated carbocycles. The Balaban J connectivity index is 2.29. The van der Waals surface area contributed by atoms with Crippen LogP contribution in [0.1, 0.15) is 24.2 Å². The van der Waals surface area contributed by atoms with Crippen LogP contribution >= 0.6 is 0 Å². The molecule has 0 aliphatic heterocycles. The number of nitro benzene ring substituents is 1. The lowest BCUT2D eigenvalue weighted by molar-refractivity contribution is -0.384. The summed E-state index contributed by atoms with van der Waals surface area (Å²) in [5.41, 5.74) is 0.879. The Bertz CT molecular complexity index is 951. The summed E-state index contributed by atoms with van der Waals surface area (Å²) in [6.45, 7) is 5.01. The van der Waals surface area contributed by atoms with Crippen molar-refractivity contribution in [3.63, 3.8) is 0 Å². The summed E-state index contributed by atoms with van der Waals surface area (Å²) in [6.07, 6.45) is 0.991. The van der Waals surface area contributed by atoms with Gasteiger partial charge in [0.15, 0.2) is 9.84 Å². The van der Waals surface area contributed by atoms with Gasteiger partial charge in [0.1, 0.15) is 5.69 Å². The van der Waals surface area contributed by atoms with Crippen molar-refractivity contribution >= 4 is 32.8 Å². The maximum atomic E-state index is 12.3. The van der Waals surface area contributed by atoms with E-state index in [9.17, 15) is 23.3 Å². The van der Waals surface area contributed by atoms with Crippen molar-refractivity contribution < 1.29 is 18.1 Å². The van der Waals surface area contributed by atoms with E-state index in [4.69, 9.17) is 0 Å². The zero-order valence-electron chi connectivity index (χ0n) is 15.3. The topological polar surface area (TPSA) is 110 Å². The lowest BCUT2D eigenvalue weighted by atomic mass is 10.1. The number of hydrogen-bond acceptors (Lipinski definition) is 6. The van der Waals surface area contributed by atoms with E-state index in [1.807, 2.05) is 13.8 Å². The number of carbonyl (C=O) groups is 1. The second-order valence-corrected chi connectivity index (χ2v) is 7.90. The summed E-state index contributed by atoms with van der Waals surface area (Å²) < 4.78 is 23.2. The van der Waals surface area contributed by atoms with Crippen LogP contribution in [0.4, 0.5) is 17.1 Å². The Morgan fingerprint density at radius 2 is 1.70 bits per heavy atom. The number of rotatable bonds is 7. The third kappa shape index (κ3) is 4.82. The van der Waals surface area contributed by atoms with Gasteiger partial charge in [-0.3, -0.25) is 14.9 Å². The molecule has 0 bridgehead atoms. The fraction of sp³-hybridized carbons (Fsp3) is 0.278. The maximum absolute atomic E-state index is 12.3. The maximum Gasteiger partial charge on any atom is 0.293 e. The molecule has 9 heteroatoms. The monoisotopic (exact) mass is 391 g/mol. The van der Waals surface area contributed by atoms with Crippen molar-refractivity contribution in [2.45, 2.75) is 18.7 Å². The number of hydrogen-bond donors (Lipinski definition) is 1. The first-order valence-electron chi connectivity index (χ1n) is 8.32. The van der Waals surface area contributed by atoms with E-state index in [2.05, 4.69) is 5.32 Å². The highest BCUT2D eigenvalue weighted by atomic mass is 32.2. The summed E-state index contributed by atoms with van der Waals surface area (Å²) in [5.74, 6) is -0.0879. The summed E-state index contributed by atoms with van der Waals surface area (Å²) in [4.78, 5) is 24.5. The molecule has 0 heterocycles. The van der Waals surface area contributed by atoms with E-state index < -0.39 is 14.8 Å². The summed E-state index contributed by atoms with van der Waals surface area (Å²) in [5, 5.41) is 14.2. The molecule has 144 valence electrons. The van der Waals surface area contributed by atoms with Crippen molar-refractivity contribution in [3.05, 3.63) is 58.1 Å². The standard InChI is InChI=1S/C18H21N3O5S/c1-4-20(5-2)18(22)13-6-8-14(9-7-13)19-16-11-10-15(27(3,25)26)12-17(16)21(23)24/h6-12,19H,4-5H2,1-3H3. The predicted molar refractivity (Wildman–Crippen MR) is 103 cm³/mol. The molecule has 0 fully saturated rings. The molecule has 0 aliphatic rings. The number of sulfone groups is 1. The van der Waals surface area contributed by atoms with Crippen LogP contribution in [0.2, 0.25) is 0 Å². The fourth-order valence-electron chi connectivity index (χ4n) is 2.54. The lowest BCUT2D eigenvalue weighted by Gasteiger charge is -2.18. The molecular weight excluding hydrogens is 370 g/mol. The molecule has 1 amide bonds. The SMILES string of the molecule is CCN(CC)C(=O)c1ccc(Nc2ccc(S(C)(=O)=O)cc2[N+](=O)[O-])cc1. The van der Waals surface area contributed by atoms with Crippen LogP contribution in [0.5, 0.6) is 0 Å². The highest BCUT2D eigenvalue weighted by Crippen LogP contribution is 2.30. The summed E-state index contributed by atoms with van der Waals surface area (Å²) in [7, 11) is -3.55. The van der Waals surface area contributed by atoms with Gasteiger partial charge in [-0.25, -0.2) is 8.42 Å². The van der Waals surface area contributed by atoms with Crippen molar-refractivity contribution in [2.75, 3.05) is 24.7 Å². The van der Waals surface area contributed by atoms with Crippen LogP contribution in [0.15, 0.2) is 47.4 Å². The van der Waals surface area contributed by atoms with Gasteiger partial charge in [-0.05, 0) is 50.2 Å². The molecule has 2 rings (SSSR count). The number of amides is 1. The van der Waals surface area contributed by atoms with Crippen molar-refractivity contribution in [2.24, 2.45) is 0 Å². The summed E-state index contributed by atoms with van der Waals surface area (Å²) >= 11 is 0. The largest absolute Gasteiger partial charge is 0.350 e. The number of nitro groups is 1. The molecule has 0 saturated heterocycles. The van der Waals surface area contributed by atoms with Crippen LogP contribution in [0.3, 0.4) is 0 Å². The fourth-order valence-corrected chi connectivity index (χ4v) is 3.18. The van der Waals surface area contributed by atoms with Gasteiger partial charge in [0.2, 0.25) is 0 Å². The van der Waals surface area contributed by atoms with E-state index >= 15 is 0 Å². The van der Waals surface area contributed by atoms with E-state index in [0.717, 1.165) is 12.3 Å². The molecule has 0 spiro atoms. The van der Waals surface area contributed by atoms with Crippen LogP contribution in [0.25, 0.3) is 0 Å². The van der Waals surface area contributed by atoms with Gasteiger partial charge >= 0.3 is 0 Å². The molecule has 0 unspecified atom stereocenters. The average molecular weight is 391 g/mol. The Kier molecular flexibility index (Phi) is 6.17. The first-order chi connectivity index (χ1) is 12.7. The first kappa shape index (κ1) is 20.4. The predicted octanol–water partition coefficient (Wildman–Crippen LogP) is 3.22. The molecule has 0 radical (unpaired) electrons. The Labute approximate surface area is 157 Å². The zero-order valence-corrected chi connectivity index (χ0v) is 16.1. The number of carbonyl (C=O) groups excluding carboxylic acids is 1. The molecule has 0 aliphatic carbocycles. The number of benzene rings is 2. The Morgan fingerprint density at radius 3 is 2.19 bits per heavy atom. The molecule has 8 nitrogen and oxygen atoms in total. The Morgan fingerprint density at radius 1 is 1.11 bits per heavy atom. The van der Waals surface area contributed by atoms with E-state index in [1.54, 1.807) is 29.2 Å². The lowest BCUT2D eigenvalue weighted by Crippen LogP contribution is -2.30. The van der Waals surface area contributed by atoms with Crippen LogP contribution in [-0.4, -0.2) is 43.5 Å². The van der Waals surface area contributed by atoms with Crippen LogP contribution < -0.4 is 5.32 Å². The highest BCUT2D eigenvalue weighted by Gasteiger charge is 2.19. The molecule has 27 heavy (non-hydrogen) atoms. The molecule has 0 aromatic heterocycles. The van der Waals surface area contributed by atoms with Gasteiger partial charge < -0.3 is 10.2 Å². The highest BCUT2D eigenvalue weighted by molar-refractivity contribution is 7.90. The molecule has 2 aromatic rings. The van der Waals surface area contributed by atoms with E-state index in [-0.39, 0.29) is 22.2 Å². The molecular formula is C18H21N3O5S. The second-order valence-electron chi connectivity index (χ2n) is 5.89. The van der Waals surface area contributed by atoms with Crippen LogP contribution in [-0.2, 0) is 9.84 Å². The van der Waals surface area contributed by atoms with Gasteiger partial charge in [0.25, 0.3) is 11.6 Å². The first-order valence-corrected chi connectivity index (χ1v) is 10.2. The van der Waals surface area contributed by atoms with Crippen molar-refractivity contribution in [3.8, 4) is 0 Å². The van der Waals surface area contributed by atoms with Gasteiger partial charge in [-0.2, -0.15) is 0 Å². The van der Waals surface area contributed by atoms with E-state index in [1.165, 1.54) is 12.1 Å². The Hall–Kier alpha value is -2.94. The van der Waals surface area contributed by atoms with Gasteiger partial charge in [-0.1, -0.05) is 0 Å². The molecule has 2 aromatic carbocycles. The quantitative estimate of drug-likeness (QED) is 0.573. The van der Waals surface area contributed by atoms with Gasteiger partial charge in [0, 0.05) is 36.7 Å². The number of nitrogens with one attached hydrogen (secondary N) is 1. The van der Waals surface area contributed by atoms with Gasteiger partial charge in [0.05, 0.1) is 9.82 Å². The second kappa shape index (κ2) is 8.17. The summed E-state index contributed by atoms with van der Waals surface area (Å²) in [6, 6.07) is 10.2. The third-order valence-corrected chi connectivity index (χ3v) is 5.17. The van der Waals surface area contributed by atoms with Gasteiger partial charge in [-0.15, -0.1) is 0 Å². The smallest absolute Gasteiger partial charge is 0.293 e.